The topological polar surface area (TPSA) is 65.7 Å². The molecule has 0 radical (unpaired) electrons. The molecule has 21 heavy (non-hydrogen) atoms. The molecule has 1 aromatic heterocycles. The van der Waals surface area contributed by atoms with Gasteiger partial charge in [-0.15, -0.1) is 0 Å². The molecular weight excluding hydrogens is 268 g/mol. The van der Waals surface area contributed by atoms with Crippen LogP contribution in [-0.2, 0) is 6.54 Å². The smallest absolute Gasteiger partial charge is 0.372 e. The lowest BCUT2D eigenvalue weighted by Gasteiger charge is -2.18. The molecule has 1 aliphatic rings. The maximum Gasteiger partial charge on any atom is 0.372 e. The largest absolute Gasteiger partial charge is 0.475 e. The van der Waals surface area contributed by atoms with Crippen molar-refractivity contribution in [2.75, 3.05) is 23.3 Å². The Morgan fingerprint density at radius 3 is 2.57 bits per heavy atom. The van der Waals surface area contributed by atoms with Gasteiger partial charge in [-0.3, -0.25) is 0 Å². The molecule has 0 unspecified atom stereocenters. The van der Waals surface area contributed by atoms with Gasteiger partial charge in [0.15, 0.2) is 0 Å². The highest BCUT2D eigenvalue weighted by molar-refractivity contribution is 5.86. The van der Waals surface area contributed by atoms with Gasteiger partial charge in [0, 0.05) is 36.6 Å². The fraction of sp³-hybridized carbons (Fsp3) is 0.312. The summed E-state index contributed by atoms with van der Waals surface area (Å²) in [6.45, 7) is 2.69. The van der Waals surface area contributed by atoms with Crippen LogP contribution < -0.4 is 10.2 Å². The predicted molar refractivity (Wildman–Crippen MR) is 80.9 cm³/mol. The number of aromatic carboxylic acids is 1. The summed E-state index contributed by atoms with van der Waals surface area (Å²) in [6.07, 6.45) is 3.92. The van der Waals surface area contributed by atoms with Crippen molar-refractivity contribution in [1.29, 1.82) is 0 Å². The molecule has 1 saturated heterocycles. The van der Waals surface area contributed by atoms with E-state index in [-0.39, 0.29) is 5.76 Å². The van der Waals surface area contributed by atoms with Crippen molar-refractivity contribution in [3.05, 3.63) is 47.9 Å². The second-order valence-corrected chi connectivity index (χ2v) is 5.17. The molecule has 5 nitrogen and oxygen atoms in total. The predicted octanol–water partition coefficient (Wildman–Crippen LogP) is 3.19. The van der Waals surface area contributed by atoms with Crippen LogP contribution in [0.5, 0.6) is 0 Å². The second kappa shape index (κ2) is 5.91. The summed E-state index contributed by atoms with van der Waals surface area (Å²) in [5.41, 5.74) is 2.86. The Kier molecular flexibility index (Phi) is 3.81. The van der Waals surface area contributed by atoms with E-state index < -0.39 is 5.97 Å². The van der Waals surface area contributed by atoms with Crippen molar-refractivity contribution in [1.82, 2.24) is 0 Å². The van der Waals surface area contributed by atoms with Gasteiger partial charge in [0.1, 0.15) is 0 Å². The molecule has 0 saturated carbocycles. The van der Waals surface area contributed by atoms with Crippen LogP contribution in [0.15, 0.2) is 41.0 Å². The number of carboxylic acids is 1. The molecule has 0 bridgehead atoms. The molecule has 0 atom stereocenters. The first-order chi connectivity index (χ1) is 10.2. The molecule has 2 aromatic rings. The van der Waals surface area contributed by atoms with Crippen molar-refractivity contribution in [2.45, 2.75) is 19.4 Å². The Morgan fingerprint density at radius 1 is 1.19 bits per heavy atom. The first kappa shape index (κ1) is 13.5. The van der Waals surface area contributed by atoms with Gasteiger partial charge < -0.3 is 19.7 Å². The zero-order valence-electron chi connectivity index (χ0n) is 11.7. The van der Waals surface area contributed by atoms with Crippen molar-refractivity contribution in [3.8, 4) is 0 Å². The number of rotatable bonds is 5. The highest BCUT2D eigenvalue weighted by Crippen LogP contribution is 2.22. The van der Waals surface area contributed by atoms with Crippen molar-refractivity contribution < 1.29 is 14.3 Å². The Bertz CT molecular complexity index is 613. The van der Waals surface area contributed by atoms with Crippen LogP contribution >= 0.6 is 0 Å². The van der Waals surface area contributed by atoms with Crippen LogP contribution in [0.3, 0.4) is 0 Å². The number of nitrogens with one attached hydrogen (secondary N) is 1. The number of hydrogen-bond acceptors (Lipinski definition) is 4. The average Bonchev–Trinajstić information content (AvgIpc) is 3.17. The molecule has 0 spiro atoms. The molecule has 1 aromatic carbocycles. The SMILES string of the molecule is O=C(O)c1occc1CNc1ccc(N2CCCC2)cc1. The van der Waals surface area contributed by atoms with Crippen LogP contribution in [0.2, 0.25) is 0 Å². The van der Waals surface area contributed by atoms with E-state index >= 15 is 0 Å². The molecule has 2 N–H and O–H groups in total. The lowest BCUT2D eigenvalue weighted by Crippen LogP contribution is -2.17. The number of nitrogens with zero attached hydrogens (tertiary/aromatic N) is 1. The van der Waals surface area contributed by atoms with Gasteiger partial charge in [-0.1, -0.05) is 0 Å². The normalized spacial score (nSPS) is 14.4. The Morgan fingerprint density at radius 2 is 1.90 bits per heavy atom. The minimum Gasteiger partial charge on any atom is -0.475 e. The minimum absolute atomic E-state index is 0.00353. The van der Waals surface area contributed by atoms with Gasteiger partial charge in [0.2, 0.25) is 5.76 Å². The van der Waals surface area contributed by atoms with Crippen LogP contribution in [0, 0.1) is 0 Å². The molecule has 0 aliphatic carbocycles. The Labute approximate surface area is 123 Å². The van der Waals surface area contributed by atoms with E-state index in [1.807, 2.05) is 12.1 Å². The molecule has 110 valence electrons. The summed E-state index contributed by atoms with van der Waals surface area (Å²) in [6, 6.07) is 9.92. The number of anilines is 2. The van der Waals surface area contributed by atoms with Crippen LogP contribution in [0.25, 0.3) is 0 Å². The van der Waals surface area contributed by atoms with Crippen molar-refractivity contribution >= 4 is 17.3 Å². The summed E-state index contributed by atoms with van der Waals surface area (Å²) in [4.78, 5) is 13.3. The molecule has 0 amide bonds. The van der Waals surface area contributed by atoms with E-state index in [9.17, 15) is 4.79 Å². The fourth-order valence-electron chi connectivity index (χ4n) is 2.63. The average molecular weight is 286 g/mol. The second-order valence-electron chi connectivity index (χ2n) is 5.17. The number of carboxylic acid groups (broad SMARTS) is 1. The van der Waals surface area contributed by atoms with Gasteiger partial charge >= 0.3 is 5.97 Å². The number of furan rings is 1. The van der Waals surface area contributed by atoms with Crippen molar-refractivity contribution in [2.24, 2.45) is 0 Å². The highest BCUT2D eigenvalue weighted by Gasteiger charge is 2.14. The summed E-state index contributed by atoms with van der Waals surface area (Å²) in [7, 11) is 0. The van der Waals surface area contributed by atoms with E-state index in [0.717, 1.165) is 18.8 Å². The number of hydrogen-bond donors (Lipinski definition) is 2. The molecule has 1 aliphatic heterocycles. The number of carbonyl (C=O) groups is 1. The van der Waals surface area contributed by atoms with E-state index in [0.29, 0.717) is 12.1 Å². The van der Waals surface area contributed by atoms with Gasteiger partial charge in [0.25, 0.3) is 0 Å². The molecule has 5 heteroatoms. The van der Waals surface area contributed by atoms with Crippen molar-refractivity contribution in [3.63, 3.8) is 0 Å². The first-order valence-electron chi connectivity index (χ1n) is 7.12. The van der Waals surface area contributed by atoms with Gasteiger partial charge in [-0.2, -0.15) is 0 Å². The minimum atomic E-state index is -1.04. The quantitative estimate of drug-likeness (QED) is 0.883. The van der Waals surface area contributed by atoms with Crippen LogP contribution in [-0.4, -0.2) is 24.2 Å². The third-order valence-corrected chi connectivity index (χ3v) is 3.76. The van der Waals surface area contributed by atoms with E-state index in [4.69, 9.17) is 9.52 Å². The lowest BCUT2D eigenvalue weighted by atomic mass is 10.2. The lowest BCUT2D eigenvalue weighted by molar-refractivity contribution is 0.0661. The molecular formula is C16H18N2O3. The first-order valence-corrected chi connectivity index (χ1v) is 7.12. The maximum absolute atomic E-state index is 11.0. The van der Waals surface area contributed by atoms with Gasteiger partial charge in [0.05, 0.1) is 6.26 Å². The molecule has 1 fully saturated rings. The van der Waals surface area contributed by atoms with E-state index in [1.54, 1.807) is 6.07 Å². The van der Waals surface area contributed by atoms with Gasteiger partial charge in [-0.05, 0) is 43.2 Å². The summed E-state index contributed by atoms with van der Waals surface area (Å²) < 4.78 is 4.95. The zero-order chi connectivity index (χ0) is 14.7. The zero-order valence-corrected chi connectivity index (χ0v) is 11.7. The number of benzene rings is 1. The Balaban J connectivity index is 1.62. The third-order valence-electron chi connectivity index (χ3n) is 3.76. The van der Waals surface area contributed by atoms with E-state index in [2.05, 4.69) is 22.3 Å². The standard InChI is InChI=1S/C16H18N2O3/c19-16(20)15-12(7-10-21-15)11-17-13-3-5-14(6-4-13)18-8-1-2-9-18/h3-7,10,17H,1-2,8-9,11H2,(H,19,20). The van der Waals surface area contributed by atoms with Crippen LogP contribution in [0.1, 0.15) is 29.0 Å². The van der Waals surface area contributed by atoms with E-state index in [1.165, 1.54) is 24.8 Å². The summed E-state index contributed by atoms with van der Waals surface area (Å²) in [5, 5.41) is 12.2. The Hall–Kier alpha value is -2.43. The summed E-state index contributed by atoms with van der Waals surface area (Å²) >= 11 is 0. The van der Waals surface area contributed by atoms with Gasteiger partial charge in [-0.25, -0.2) is 4.79 Å². The monoisotopic (exact) mass is 286 g/mol. The highest BCUT2D eigenvalue weighted by atomic mass is 16.4. The molecule has 3 rings (SSSR count). The fourth-order valence-corrected chi connectivity index (χ4v) is 2.63. The summed E-state index contributed by atoms with van der Waals surface area (Å²) in [5.74, 6) is -1.04. The maximum atomic E-state index is 11.0. The molecule has 2 heterocycles. The third kappa shape index (κ3) is 3.02. The van der Waals surface area contributed by atoms with Crippen LogP contribution in [0.4, 0.5) is 11.4 Å².